The van der Waals surface area contributed by atoms with Gasteiger partial charge in [0.1, 0.15) is 0 Å². The zero-order valence-corrected chi connectivity index (χ0v) is 15.8. The number of nitrogens with zero attached hydrogens (tertiary/aromatic N) is 2. The van der Waals surface area contributed by atoms with Crippen molar-refractivity contribution in [3.63, 3.8) is 0 Å². The highest BCUT2D eigenvalue weighted by atomic mass is 16.2. The molecule has 0 saturated carbocycles. The number of fused-ring (bicyclic) bond motifs is 2. The highest BCUT2D eigenvalue weighted by Crippen LogP contribution is 2.43. The van der Waals surface area contributed by atoms with Crippen molar-refractivity contribution in [1.82, 2.24) is 9.80 Å². The summed E-state index contributed by atoms with van der Waals surface area (Å²) in [6.45, 7) is 3.78. The van der Waals surface area contributed by atoms with E-state index in [0.29, 0.717) is 30.5 Å². The normalized spacial score (nSPS) is 28.3. The molecule has 0 N–H and O–H groups in total. The van der Waals surface area contributed by atoms with E-state index in [4.69, 9.17) is 0 Å². The minimum Gasteiger partial charge on any atom is -0.325 e. The summed E-state index contributed by atoms with van der Waals surface area (Å²) in [4.78, 5) is 29.2. The number of ketones is 1. The van der Waals surface area contributed by atoms with Crippen molar-refractivity contribution in [2.75, 3.05) is 13.1 Å². The summed E-state index contributed by atoms with van der Waals surface area (Å²) >= 11 is 0. The molecule has 3 aliphatic rings. The van der Waals surface area contributed by atoms with Gasteiger partial charge in [0.05, 0.1) is 0 Å². The molecule has 0 aromatic heterocycles. The Hall–Kier alpha value is -1.84. The number of urea groups is 1. The molecule has 0 spiro atoms. The number of Topliss-reactive ketones (excluding diaryl/α,β-unsaturated/α-hetero) is 1. The molecule has 0 aliphatic carbocycles. The van der Waals surface area contributed by atoms with Crippen LogP contribution in [-0.4, -0.2) is 46.8 Å². The Morgan fingerprint density at radius 1 is 0.962 bits per heavy atom. The minimum atomic E-state index is 0.207. The van der Waals surface area contributed by atoms with Crippen molar-refractivity contribution < 1.29 is 9.59 Å². The molecule has 0 radical (unpaired) electrons. The number of rotatable bonds is 3. The molecule has 4 heteroatoms. The van der Waals surface area contributed by atoms with Crippen molar-refractivity contribution in [3.05, 3.63) is 35.4 Å². The second kappa shape index (κ2) is 7.42. The summed E-state index contributed by atoms with van der Waals surface area (Å²) in [6.07, 6.45) is 8.55. The van der Waals surface area contributed by atoms with Gasteiger partial charge >= 0.3 is 6.03 Å². The predicted molar refractivity (Wildman–Crippen MR) is 103 cm³/mol. The van der Waals surface area contributed by atoms with Gasteiger partial charge < -0.3 is 9.80 Å². The number of hydrogen-bond donors (Lipinski definition) is 0. The average molecular weight is 354 g/mol. The third kappa shape index (κ3) is 3.26. The Morgan fingerprint density at radius 3 is 2.15 bits per heavy atom. The third-order valence-corrected chi connectivity index (χ3v) is 6.61. The van der Waals surface area contributed by atoms with E-state index in [1.807, 2.05) is 19.1 Å². The van der Waals surface area contributed by atoms with Crippen LogP contribution in [0.1, 0.15) is 80.1 Å². The fourth-order valence-electron chi connectivity index (χ4n) is 5.16. The largest absolute Gasteiger partial charge is 0.325 e. The van der Waals surface area contributed by atoms with Gasteiger partial charge in [-0.15, -0.1) is 0 Å². The lowest BCUT2D eigenvalue weighted by Crippen LogP contribution is -2.53. The molecule has 140 valence electrons. The number of likely N-dealkylation sites (tertiary alicyclic amines) is 1. The maximum Gasteiger partial charge on any atom is 0.320 e. The highest BCUT2D eigenvalue weighted by Gasteiger charge is 2.44. The molecular formula is C22H30N2O2. The molecule has 3 heterocycles. The van der Waals surface area contributed by atoms with Crippen LogP contribution in [0.3, 0.4) is 0 Å². The first-order valence-corrected chi connectivity index (χ1v) is 10.4. The van der Waals surface area contributed by atoms with Crippen LogP contribution in [0.4, 0.5) is 4.79 Å². The Morgan fingerprint density at radius 2 is 1.58 bits per heavy atom. The topological polar surface area (TPSA) is 40.6 Å². The van der Waals surface area contributed by atoms with Crippen LogP contribution < -0.4 is 0 Å². The van der Waals surface area contributed by atoms with Gasteiger partial charge in [0.15, 0.2) is 5.78 Å². The quantitative estimate of drug-likeness (QED) is 0.745. The summed E-state index contributed by atoms with van der Waals surface area (Å²) in [5.41, 5.74) is 2.15. The first-order valence-electron chi connectivity index (χ1n) is 10.4. The second-order valence-electron chi connectivity index (χ2n) is 8.19. The lowest BCUT2D eigenvalue weighted by atomic mass is 9.84. The van der Waals surface area contributed by atoms with Crippen LogP contribution in [0.25, 0.3) is 0 Å². The minimum absolute atomic E-state index is 0.207. The number of amides is 2. The Balaban J connectivity index is 1.44. The van der Waals surface area contributed by atoms with Gasteiger partial charge in [0, 0.05) is 37.2 Å². The van der Waals surface area contributed by atoms with Crippen LogP contribution in [-0.2, 0) is 0 Å². The van der Waals surface area contributed by atoms with E-state index >= 15 is 0 Å². The van der Waals surface area contributed by atoms with Crippen LogP contribution in [0.5, 0.6) is 0 Å². The SMILES string of the molecule is CCC(=O)c1ccc(C2C[C@H]3CC[C@@H](C2)N3C(=O)N2CCCCC2)cc1. The molecular weight excluding hydrogens is 324 g/mol. The molecule has 4 nitrogen and oxygen atoms in total. The van der Waals surface area contributed by atoms with Crippen molar-refractivity contribution in [1.29, 1.82) is 0 Å². The van der Waals surface area contributed by atoms with Crippen molar-refractivity contribution in [2.24, 2.45) is 0 Å². The van der Waals surface area contributed by atoms with Crippen molar-refractivity contribution in [3.8, 4) is 0 Å². The van der Waals surface area contributed by atoms with Crippen LogP contribution in [0, 0.1) is 0 Å². The van der Waals surface area contributed by atoms with E-state index in [0.717, 1.165) is 57.2 Å². The van der Waals surface area contributed by atoms with E-state index in [9.17, 15) is 9.59 Å². The van der Waals surface area contributed by atoms with E-state index in [-0.39, 0.29) is 5.78 Å². The zero-order valence-electron chi connectivity index (χ0n) is 15.8. The fraction of sp³-hybridized carbons (Fsp3) is 0.636. The van der Waals surface area contributed by atoms with E-state index in [2.05, 4.69) is 21.9 Å². The number of hydrogen-bond acceptors (Lipinski definition) is 2. The van der Waals surface area contributed by atoms with Gasteiger partial charge in [-0.3, -0.25) is 4.79 Å². The predicted octanol–water partition coefficient (Wildman–Crippen LogP) is 4.60. The lowest BCUT2D eigenvalue weighted by molar-refractivity contribution is 0.0979. The van der Waals surface area contributed by atoms with Gasteiger partial charge in [-0.2, -0.15) is 0 Å². The first kappa shape index (κ1) is 17.6. The fourth-order valence-corrected chi connectivity index (χ4v) is 5.16. The molecule has 2 amide bonds. The van der Waals surface area contributed by atoms with E-state index in [1.54, 1.807) is 0 Å². The summed E-state index contributed by atoms with van der Waals surface area (Å²) in [5, 5.41) is 0. The monoisotopic (exact) mass is 354 g/mol. The Labute approximate surface area is 156 Å². The average Bonchev–Trinajstić information content (AvgIpc) is 2.96. The van der Waals surface area contributed by atoms with Crippen LogP contribution in [0.15, 0.2) is 24.3 Å². The molecule has 1 aromatic carbocycles. The summed E-state index contributed by atoms with van der Waals surface area (Å²) in [5.74, 6) is 0.724. The number of carbonyl (C=O) groups excluding carboxylic acids is 2. The molecule has 1 unspecified atom stereocenters. The Bertz CT molecular complexity index is 649. The molecule has 1 aromatic rings. The first-order chi connectivity index (χ1) is 12.7. The summed E-state index contributed by atoms with van der Waals surface area (Å²) in [7, 11) is 0. The summed E-state index contributed by atoms with van der Waals surface area (Å²) in [6, 6.07) is 9.31. The second-order valence-corrected chi connectivity index (χ2v) is 8.19. The highest BCUT2D eigenvalue weighted by molar-refractivity contribution is 5.95. The van der Waals surface area contributed by atoms with Gasteiger partial charge in [-0.05, 0) is 56.4 Å². The standard InChI is InChI=1S/C22H30N2O2/c1-2-21(25)17-8-6-16(7-9-17)18-14-19-10-11-20(15-18)24(19)22(26)23-12-4-3-5-13-23/h6-9,18-20H,2-5,10-15H2,1H3/t18?,19-,20+. The zero-order chi connectivity index (χ0) is 18.1. The van der Waals surface area contributed by atoms with E-state index < -0.39 is 0 Å². The van der Waals surface area contributed by atoms with Crippen LogP contribution >= 0.6 is 0 Å². The van der Waals surface area contributed by atoms with Gasteiger partial charge in [-0.1, -0.05) is 31.2 Å². The van der Waals surface area contributed by atoms with Gasteiger partial charge in [0.2, 0.25) is 0 Å². The number of benzene rings is 1. The number of carbonyl (C=O) groups is 2. The summed E-state index contributed by atoms with van der Waals surface area (Å²) < 4.78 is 0. The molecule has 3 fully saturated rings. The lowest BCUT2D eigenvalue weighted by Gasteiger charge is -2.42. The molecule has 4 rings (SSSR count). The van der Waals surface area contributed by atoms with Gasteiger partial charge in [-0.25, -0.2) is 4.79 Å². The Kier molecular flexibility index (Phi) is 5.01. The molecule has 26 heavy (non-hydrogen) atoms. The van der Waals surface area contributed by atoms with Crippen LogP contribution in [0.2, 0.25) is 0 Å². The third-order valence-electron chi connectivity index (χ3n) is 6.61. The maximum atomic E-state index is 13.0. The molecule has 3 saturated heterocycles. The molecule has 3 aliphatic heterocycles. The molecule has 2 bridgehead atoms. The number of piperidine rings is 2. The molecule has 3 atom stereocenters. The van der Waals surface area contributed by atoms with Gasteiger partial charge in [0.25, 0.3) is 0 Å². The maximum absolute atomic E-state index is 13.0. The van der Waals surface area contributed by atoms with Crippen molar-refractivity contribution in [2.45, 2.75) is 76.3 Å². The smallest absolute Gasteiger partial charge is 0.320 e. The van der Waals surface area contributed by atoms with E-state index in [1.165, 1.54) is 12.0 Å². The van der Waals surface area contributed by atoms with Crippen molar-refractivity contribution >= 4 is 11.8 Å².